The molecule has 2 aromatic carbocycles. The molecule has 0 saturated carbocycles. The molecule has 1 aromatic heterocycles. The molecule has 1 amide bonds. The Morgan fingerprint density at radius 1 is 1.00 bits per heavy atom. The number of nitrogens with zero attached hydrogens (tertiary/aromatic N) is 1. The SMILES string of the molecule is COc1cc(OC)c(NC(=O)c2ccc(Oc3cc(C(C)C)c(OCCN(C)N)cc3C)o2)c(OC)c1. The number of rotatable bonds is 12. The van der Waals surface area contributed by atoms with Crippen LogP contribution >= 0.6 is 0 Å². The fourth-order valence-electron chi connectivity index (χ4n) is 3.57. The summed E-state index contributed by atoms with van der Waals surface area (Å²) in [4.78, 5) is 12.9. The summed E-state index contributed by atoms with van der Waals surface area (Å²) in [6, 6.07) is 10.3. The number of hydrogen-bond acceptors (Lipinski definition) is 9. The van der Waals surface area contributed by atoms with Gasteiger partial charge in [-0.3, -0.25) is 10.6 Å². The Morgan fingerprint density at radius 2 is 1.68 bits per heavy atom. The largest absolute Gasteiger partial charge is 0.496 e. The number of hydrogen-bond donors (Lipinski definition) is 2. The molecule has 0 saturated heterocycles. The molecular formula is C27H35N3O7. The Labute approximate surface area is 217 Å². The van der Waals surface area contributed by atoms with Gasteiger partial charge < -0.3 is 33.4 Å². The van der Waals surface area contributed by atoms with E-state index in [0.717, 1.165) is 16.9 Å². The number of furan rings is 1. The number of hydrazine groups is 1. The molecule has 3 rings (SSSR count). The van der Waals surface area contributed by atoms with Crippen molar-refractivity contribution in [2.75, 3.05) is 46.8 Å². The van der Waals surface area contributed by atoms with Gasteiger partial charge in [-0.25, -0.2) is 5.01 Å². The van der Waals surface area contributed by atoms with E-state index >= 15 is 0 Å². The Balaban J connectivity index is 1.79. The van der Waals surface area contributed by atoms with Crippen molar-refractivity contribution >= 4 is 11.6 Å². The molecule has 1 heterocycles. The minimum atomic E-state index is -0.496. The third-order valence-electron chi connectivity index (χ3n) is 5.60. The van der Waals surface area contributed by atoms with E-state index in [1.165, 1.54) is 27.4 Å². The average Bonchev–Trinajstić information content (AvgIpc) is 3.33. The quantitative estimate of drug-likeness (QED) is 0.256. The zero-order chi connectivity index (χ0) is 27.1. The van der Waals surface area contributed by atoms with Gasteiger partial charge in [0.2, 0.25) is 0 Å². The second-order valence-corrected chi connectivity index (χ2v) is 8.72. The molecule has 3 aromatic rings. The Bertz CT molecular complexity index is 1200. The van der Waals surface area contributed by atoms with Crippen LogP contribution in [0.1, 0.15) is 41.4 Å². The highest BCUT2D eigenvalue weighted by atomic mass is 16.6. The van der Waals surface area contributed by atoms with E-state index in [1.54, 1.807) is 30.3 Å². The average molecular weight is 514 g/mol. The third-order valence-corrected chi connectivity index (χ3v) is 5.60. The van der Waals surface area contributed by atoms with Crippen LogP contribution in [0, 0.1) is 6.92 Å². The van der Waals surface area contributed by atoms with E-state index in [2.05, 4.69) is 19.2 Å². The standard InChI is InChI=1S/C27H35N3O7/c1-16(2)19-15-21(17(3)12-22(19)35-11-10-30(4)28)37-25-9-8-20(36-25)27(31)29-26-23(33-6)13-18(32-5)14-24(26)34-7/h8-9,12-16H,10-11,28H2,1-7H3,(H,29,31). The fourth-order valence-corrected chi connectivity index (χ4v) is 3.57. The number of anilines is 1. The summed E-state index contributed by atoms with van der Waals surface area (Å²) in [5.41, 5.74) is 2.20. The molecule has 10 nitrogen and oxygen atoms in total. The van der Waals surface area contributed by atoms with Crippen LogP contribution in [0.25, 0.3) is 0 Å². The van der Waals surface area contributed by atoms with Crippen molar-refractivity contribution < 1.29 is 32.9 Å². The highest BCUT2D eigenvalue weighted by Gasteiger charge is 2.20. The number of amides is 1. The number of aryl methyl sites for hydroxylation is 1. The van der Waals surface area contributed by atoms with Crippen molar-refractivity contribution in [1.29, 1.82) is 0 Å². The monoisotopic (exact) mass is 513 g/mol. The lowest BCUT2D eigenvalue weighted by Gasteiger charge is -2.18. The first kappa shape index (κ1) is 27.7. The molecule has 0 aliphatic rings. The number of nitrogens with two attached hydrogens (primary N) is 1. The summed E-state index contributed by atoms with van der Waals surface area (Å²) in [6.07, 6.45) is 0. The molecule has 0 unspecified atom stereocenters. The number of carbonyl (C=O) groups is 1. The van der Waals surface area contributed by atoms with E-state index in [0.29, 0.717) is 41.8 Å². The maximum absolute atomic E-state index is 12.9. The first-order valence-electron chi connectivity index (χ1n) is 11.8. The van der Waals surface area contributed by atoms with Crippen LogP contribution in [0.5, 0.6) is 34.7 Å². The minimum absolute atomic E-state index is 0.0579. The first-order valence-corrected chi connectivity index (χ1v) is 11.8. The molecule has 0 aliphatic carbocycles. The highest BCUT2D eigenvalue weighted by Crippen LogP contribution is 2.40. The second kappa shape index (κ2) is 12.4. The van der Waals surface area contributed by atoms with Gasteiger partial charge in [0.1, 0.15) is 41.0 Å². The molecule has 3 N–H and O–H groups in total. The fraction of sp³-hybridized carbons (Fsp3) is 0.370. The van der Waals surface area contributed by atoms with Gasteiger partial charge >= 0.3 is 0 Å². The lowest BCUT2D eigenvalue weighted by molar-refractivity contribution is 0.0991. The molecular weight excluding hydrogens is 478 g/mol. The number of carbonyl (C=O) groups excluding carboxylic acids is 1. The molecule has 0 atom stereocenters. The van der Waals surface area contributed by atoms with Crippen LogP contribution in [-0.2, 0) is 0 Å². The zero-order valence-corrected chi connectivity index (χ0v) is 22.3. The van der Waals surface area contributed by atoms with Crippen LogP contribution < -0.4 is 34.8 Å². The Kier molecular flexibility index (Phi) is 9.26. The summed E-state index contributed by atoms with van der Waals surface area (Å²) < 4.78 is 33.7. The van der Waals surface area contributed by atoms with Crippen molar-refractivity contribution in [2.24, 2.45) is 5.84 Å². The van der Waals surface area contributed by atoms with Crippen LogP contribution in [0.2, 0.25) is 0 Å². The summed E-state index contributed by atoms with van der Waals surface area (Å²) in [7, 11) is 6.30. The van der Waals surface area contributed by atoms with Gasteiger partial charge in [-0.1, -0.05) is 13.8 Å². The lowest BCUT2D eigenvalue weighted by atomic mass is 10.00. The van der Waals surface area contributed by atoms with Gasteiger partial charge in [0.05, 0.1) is 21.3 Å². The molecule has 10 heteroatoms. The van der Waals surface area contributed by atoms with Gasteiger partial charge in [-0.15, -0.1) is 0 Å². The van der Waals surface area contributed by atoms with Gasteiger partial charge in [0.25, 0.3) is 11.9 Å². The van der Waals surface area contributed by atoms with E-state index in [4.69, 9.17) is 33.9 Å². The van der Waals surface area contributed by atoms with Crippen LogP contribution in [0.4, 0.5) is 5.69 Å². The van der Waals surface area contributed by atoms with Crippen LogP contribution in [0.3, 0.4) is 0 Å². The molecule has 37 heavy (non-hydrogen) atoms. The van der Waals surface area contributed by atoms with Gasteiger partial charge in [-0.2, -0.15) is 0 Å². The Hall–Kier alpha value is -3.89. The molecule has 0 radical (unpaired) electrons. The highest BCUT2D eigenvalue weighted by molar-refractivity contribution is 6.04. The van der Waals surface area contributed by atoms with E-state index < -0.39 is 5.91 Å². The number of nitrogens with one attached hydrogen (secondary N) is 1. The van der Waals surface area contributed by atoms with Crippen molar-refractivity contribution in [1.82, 2.24) is 5.01 Å². The summed E-state index contributed by atoms with van der Waals surface area (Å²) in [5.74, 6) is 8.28. The van der Waals surface area contributed by atoms with E-state index in [-0.39, 0.29) is 17.6 Å². The van der Waals surface area contributed by atoms with E-state index in [1.807, 2.05) is 19.1 Å². The number of methoxy groups -OCH3 is 3. The molecule has 0 bridgehead atoms. The van der Waals surface area contributed by atoms with Gasteiger partial charge in [-0.05, 0) is 36.6 Å². The van der Waals surface area contributed by atoms with Crippen LogP contribution in [-0.4, -0.2) is 52.4 Å². The topological polar surface area (TPSA) is 118 Å². The Morgan fingerprint density at radius 3 is 2.24 bits per heavy atom. The maximum atomic E-state index is 12.9. The molecule has 200 valence electrons. The molecule has 0 spiro atoms. The predicted octanol–water partition coefficient (Wildman–Crippen LogP) is 4.97. The molecule has 0 aliphatic heterocycles. The minimum Gasteiger partial charge on any atom is -0.496 e. The summed E-state index contributed by atoms with van der Waals surface area (Å²) in [5, 5.41) is 4.35. The first-order chi connectivity index (χ1) is 17.7. The van der Waals surface area contributed by atoms with Crippen molar-refractivity contribution in [2.45, 2.75) is 26.7 Å². The predicted molar refractivity (Wildman–Crippen MR) is 140 cm³/mol. The second-order valence-electron chi connectivity index (χ2n) is 8.72. The number of ether oxygens (including phenoxy) is 5. The van der Waals surface area contributed by atoms with Crippen molar-refractivity contribution in [3.8, 4) is 34.7 Å². The smallest absolute Gasteiger partial charge is 0.291 e. The normalized spacial score (nSPS) is 11.0. The van der Waals surface area contributed by atoms with Gasteiger partial charge in [0.15, 0.2) is 5.76 Å². The maximum Gasteiger partial charge on any atom is 0.291 e. The zero-order valence-electron chi connectivity index (χ0n) is 22.3. The number of likely N-dealkylation sites (N-methyl/N-ethyl adjacent to an activating group) is 1. The third kappa shape index (κ3) is 6.87. The molecule has 0 fully saturated rings. The van der Waals surface area contributed by atoms with Crippen LogP contribution in [0.15, 0.2) is 40.8 Å². The van der Waals surface area contributed by atoms with Crippen molar-refractivity contribution in [3.63, 3.8) is 0 Å². The van der Waals surface area contributed by atoms with Crippen molar-refractivity contribution in [3.05, 3.63) is 53.3 Å². The lowest BCUT2D eigenvalue weighted by Crippen LogP contribution is -2.30. The van der Waals surface area contributed by atoms with E-state index in [9.17, 15) is 4.79 Å². The number of benzene rings is 2. The van der Waals surface area contributed by atoms with Gasteiger partial charge in [0, 0.05) is 37.4 Å². The summed E-state index contributed by atoms with van der Waals surface area (Å²) >= 11 is 0. The summed E-state index contributed by atoms with van der Waals surface area (Å²) in [6.45, 7) is 7.13.